The fourth-order valence-electron chi connectivity index (χ4n) is 2.78. The second-order valence-corrected chi connectivity index (χ2v) is 5.04. The average molecular weight is 281 g/mol. The fourth-order valence-corrected chi connectivity index (χ4v) is 2.78. The van der Waals surface area contributed by atoms with Crippen molar-refractivity contribution in [2.24, 2.45) is 5.92 Å². The predicted molar refractivity (Wildman–Crippen MR) is 78.2 cm³/mol. The molecule has 19 heavy (non-hydrogen) atoms. The van der Waals surface area contributed by atoms with Crippen LogP contribution in [0.1, 0.15) is 18.4 Å². The monoisotopic (exact) mass is 280 g/mol. The summed E-state index contributed by atoms with van der Waals surface area (Å²) in [7, 11) is 0. The molecule has 0 radical (unpaired) electrons. The molecule has 2 aromatic rings. The maximum Gasteiger partial charge on any atom is 0.124 e. The highest BCUT2D eigenvalue weighted by Crippen LogP contribution is 2.24. The molecule has 0 atom stereocenters. The van der Waals surface area contributed by atoms with Gasteiger partial charge >= 0.3 is 0 Å². The van der Waals surface area contributed by atoms with Gasteiger partial charge in [-0.2, -0.15) is 0 Å². The van der Waals surface area contributed by atoms with E-state index in [4.69, 9.17) is 0 Å². The van der Waals surface area contributed by atoms with Crippen molar-refractivity contribution >= 4 is 23.3 Å². The summed E-state index contributed by atoms with van der Waals surface area (Å²) in [6, 6.07) is 7.00. The largest absolute Gasteiger partial charge is 0.317 e. The molecule has 1 saturated heterocycles. The molecule has 0 spiro atoms. The van der Waals surface area contributed by atoms with Crippen LogP contribution in [0.4, 0.5) is 4.39 Å². The van der Waals surface area contributed by atoms with Crippen LogP contribution in [0, 0.1) is 11.7 Å². The van der Waals surface area contributed by atoms with E-state index in [1.54, 1.807) is 18.3 Å². The van der Waals surface area contributed by atoms with Gasteiger partial charge in [0.15, 0.2) is 0 Å². The van der Waals surface area contributed by atoms with E-state index in [0.29, 0.717) is 5.92 Å². The van der Waals surface area contributed by atoms with Gasteiger partial charge in [-0.3, -0.25) is 4.98 Å². The van der Waals surface area contributed by atoms with Crippen molar-refractivity contribution in [2.45, 2.75) is 19.3 Å². The van der Waals surface area contributed by atoms with Crippen LogP contribution >= 0.6 is 12.4 Å². The Hall–Kier alpha value is -1.19. The number of nitrogens with zero attached hydrogens (tertiary/aromatic N) is 1. The molecule has 0 bridgehead atoms. The smallest absolute Gasteiger partial charge is 0.124 e. The lowest BCUT2D eigenvalue weighted by molar-refractivity contribution is 0.373. The van der Waals surface area contributed by atoms with Crippen molar-refractivity contribution in [2.75, 3.05) is 13.1 Å². The Morgan fingerprint density at radius 2 is 2.05 bits per heavy atom. The first-order valence-electron chi connectivity index (χ1n) is 6.57. The highest BCUT2D eigenvalue weighted by Gasteiger charge is 2.15. The van der Waals surface area contributed by atoms with Gasteiger partial charge in [0.25, 0.3) is 0 Å². The number of piperidine rings is 1. The van der Waals surface area contributed by atoms with Crippen LogP contribution in [0.5, 0.6) is 0 Å². The number of hydrogen-bond acceptors (Lipinski definition) is 2. The van der Waals surface area contributed by atoms with Gasteiger partial charge < -0.3 is 5.32 Å². The van der Waals surface area contributed by atoms with E-state index in [1.807, 2.05) is 12.1 Å². The van der Waals surface area contributed by atoms with Gasteiger partial charge in [-0.25, -0.2) is 4.39 Å². The Morgan fingerprint density at radius 3 is 2.84 bits per heavy atom. The maximum absolute atomic E-state index is 13.6. The average Bonchev–Trinajstić information content (AvgIpc) is 2.40. The predicted octanol–water partition coefficient (Wildman–Crippen LogP) is 3.34. The first-order valence-corrected chi connectivity index (χ1v) is 6.57. The third kappa shape index (κ3) is 3.23. The van der Waals surface area contributed by atoms with Gasteiger partial charge in [0.1, 0.15) is 5.82 Å². The Balaban J connectivity index is 0.00000133. The molecule has 2 heterocycles. The van der Waals surface area contributed by atoms with E-state index in [0.717, 1.165) is 36.0 Å². The summed E-state index contributed by atoms with van der Waals surface area (Å²) in [6.45, 7) is 2.15. The van der Waals surface area contributed by atoms with Gasteiger partial charge in [0, 0.05) is 11.6 Å². The van der Waals surface area contributed by atoms with Crippen LogP contribution < -0.4 is 5.32 Å². The minimum atomic E-state index is -0.153. The number of aromatic nitrogens is 1. The van der Waals surface area contributed by atoms with Crippen LogP contribution in [-0.4, -0.2) is 18.1 Å². The summed E-state index contributed by atoms with van der Waals surface area (Å²) in [4.78, 5) is 4.41. The van der Waals surface area contributed by atoms with E-state index < -0.39 is 0 Å². The topological polar surface area (TPSA) is 24.9 Å². The highest BCUT2D eigenvalue weighted by molar-refractivity contribution is 5.85. The molecule has 1 fully saturated rings. The number of pyridine rings is 1. The van der Waals surface area contributed by atoms with Gasteiger partial charge in [-0.15, -0.1) is 12.4 Å². The van der Waals surface area contributed by atoms with Crippen molar-refractivity contribution in [1.82, 2.24) is 10.3 Å². The summed E-state index contributed by atoms with van der Waals surface area (Å²) in [6.07, 6.45) is 5.06. The van der Waals surface area contributed by atoms with Crippen molar-refractivity contribution in [1.29, 1.82) is 0 Å². The molecular weight excluding hydrogens is 263 g/mol. The zero-order chi connectivity index (χ0) is 12.4. The van der Waals surface area contributed by atoms with Crippen LogP contribution in [0.3, 0.4) is 0 Å². The third-order valence-electron chi connectivity index (χ3n) is 3.72. The number of fused-ring (bicyclic) bond motifs is 1. The standard InChI is InChI=1S/C15H17FN2.ClH/c16-14-9-12-2-1-5-18-15(12)13(10-14)8-11-3-6-17-7-4-11;/h1-2,5,9-11,17H,3-4,6-8H2;1H. The molecule has 3 rings (SSSR count). The van der Waals surface area contributed by atoms with Crippen LogP contribution in [0.2, 0.25) is 0 Å². The molecule has 1 aromatic heterocycles. The highest BCUT2D eigenvalue weighted by atomic mass is 35.5. The second kappa shape index (κ2) is 6.31. The maximum atomic E-state index is 13.6. The van der Waals surface area contributed by atoms with E-state index in [9.17, 15) is 4.39 Å². The molecule has 0 saturated carbocycles. The summed E-state index contributed by atoms with van der Waals surface area (Å²) < 4.78 is 13.6. The van der Waals surface area contributed by atoms with Gasteiger partial charge in [-0.05, 0) is 62.0 Å². The zero-order valence-corrected chi connectivity index (χ0v) is 11.5. The van der Waals surface area contributed by atoms with Gasteiger partial charge in [0.05, 0.1) is 5.52 Å². The molecule has 0 unspecified atom stereocenters. The minimum absolute atomic E-state index is 0. The van der Waals surface area contributed by atoms with Crippen LogP contribution in [-0.2, 0) is 6.42 Å². The van der Waals surface area contributed by atoms with Crippen LogP contribution in [0.15, 0.2) is 30.5 Å². The summed E-state index contributed by atoms with van der Waals surface area (Å²) in [5.41, 5.74) is 2.01. The molecule has 0 aliphatic carbocycles. The van der Waals surface area contributed by atoms with E-state index in [1.165, 1.54) is 12.8 Å². The molecule has 2 nitrogen and oxygen atoms in total. The molecule has 1 N–H and O–H groups in total. The molecule has 1 aromatic carbocycles. The lowest BCUT2D eigenvalue weighted by atomic mass is 9.90. The molecule has 1 aliphatic heterocycles. The number of halogens is 2. The molecular formula is C15H18ClFN2. The molecule has 102 valence electrons. The third-order valence-corrected chi connectivity index (χ3v) is 3.72. The van der Waals surface area contributed by atoms with Gasteiger partial charge in [-0.1, -0.05) is 6.07 Å². The molecule has 4 heteroatoms. The Morgan fingerprint density at radius 1 is 1.26 bits per heavy atom. The Labute approximate surface area is 118 Å². The first kappa shape index (κ1) is 14.2. The minimum Gasteiger partial charge on any atom is -0.317 e. The van der Waals surface area contributed by atoms with E-state index >= 15 is 0 Å². The number of nitrogens with one attached hydrogen (secondary N) is 1. The zero-order valence-electron chi connectivity index (χ0n) is 10.7. The van der Waals surface area contributed by atoms with E-state index in [2.05, 4.69) is 10.3 Å². The summed E-state index contributed by atoms with van der Waals surface area (Å²) in [5, 5.41) is 4.26. The Bertz CT molecular complexity index is 553. The van der Waals surface area contributed by atoms with E-state index in [-0.39, 0.29) is 18.2 Å². The summed E-state index contributed by atoms with van der Waals surface area (Å²) >= 11 is 0. The Kier molecular flexibility index (Phi) is 4.72. The lowest BCUT2D eigenvalue weighted by Crippen LogP contribution is -2.28. The quantitative estimate of drug-likeness (QED) is 0.913. The number of benzene rings is 1. The first-order chi connectivity index (χ1) is 8.83. The number of rotatable bonds is 2. The van der Waals surface area contributed by atoms with Crippen molar-refractivity contribution in [3.63, 3.8) is 0 Å². The number of hydrogen-bond donors (Lipinski definition) is 1. The van der Waals surface area contributed by atoms with Crippen molar-refractivity contribution in [3.05, 3.63) is 41.8 Å². The van der Waals surface area contributed by atoms with Crippen molar-refractivity contribution < 1.29 is 4.39 Å². The van der Waals surface area contributed by atoms with Crippen LogP contribution in [0.25, 0.3) is 10.9 Å². The molecule has 0 amide bonds. The SMILES string of the molecule is Cl.Fc1cc(CC2CCNCC2)c2ncccc2c1. The normalized spacial score (nSPS) is 16.3. The molecule has 1 aliphatic rings. The van der Waals surface area contributed by atoms with Crippen molar-refractivity contribution in [3.8, 4) is 0 Å². The van der Waals surface area contributed by atoms with Gasteiger partial charge in [0.2, 0.25) is 0 Å². The lowest BCUT2D eigenvalue weighted by Gasteiger charge is -2.22. The fraction of sp³-hybridized carbons (Fsp3) is 0.400. The summed E-state index contributed by atoms with van der Waals surface area (Å²) in [5.74, 6) is 0.498. The second-order valence-electron chi connectivity index (χ2n) is 5.04.